The summed E-state index contributed by atoms with van der Waals surface area (Å²) in [4.78, 5) is 16.2. The van der Waals surface area contributed by atoms with E-state index in [0.717, 1.165) is 17.7 Å². The fourth-order valence-corrected chi connectivity index (χ4v) is 2.35. The number of carbonyl (C=O) groups excluding carboxylic acids is 1. The number of para-hydroxylation sites is 1. The molecular formula is C16H24ClN5O. The maximum absolute atomic E-state index is 12.3. The molecule has 1 amide bonds. The molecule has 0 saturated carbocycles. The molecular weight excluding hydrogens is 314 g/mol. The topological polar surface area (TPSA) is 71.8 Å². The van der Waals surface area contributed by atoms with Crippen LogP contribution < -0.4 is 10.6 Å². The third kappa shape index (κ3) is 5.33. The summed E-state index contributed by atoms with van der Waals surface area (Å²) in [5, 5.41) is 10.2. The van der Waals surface area contributed by atoms with Crippen LogP contribution in [0.3, 0.4) is 0 Å². The fourth-order valence-electron chi connectivity index (χ4n) is 2.35. The molecule has 23 heavy (non-hydrogen) atoms. The molecule has 126 valence electrons. The van der Waals surface area contributed by atoms with Gasteiger partial charge >= 0.3 is 0 Å². The number of rotatable bonds is 7. The van der Waals surface area contributed by atoms with Crippen molar-refractivity contribution in [1.82, 2.24) is 25.4 Å². The van der Waals surface area contributed by atoms with Crippen LogP contribution in [0.25, 0.3) is 5.69 Å². The van der Waals surface area contributed by atoms with Crippen molar-refractivity contribution >= 4 is 18.3 Å². The summed E-state index contributed by atoms with van der Waals surface area (Å²) in [6, 6.07) is 7.66. The molecule has 0 aliphatic rings. The first-order chi connectivity index (χ1) is 10.6. The van der Waals surface area contributed by atoms with Gasteiger partial charge in [-0.2, -0.15) is 5.10 Å². The molecule has 0 aliphatic heterocycles. The lowest BCUT2D eigenvalue weighted by Crippen LogP contribution is -2.43. The van der Waals surface area contributed by atoms with Crippen LogP contribution in [0.15, 0.2) is 36.9 Å². The highest BCUT2D eigenvalue weighted by Crippen LogP contribution is 2.13. The smallest absolute Gasteiger partial charge is 0.237 e. The van der Waals surface area contributed by atoms with Crippen LogP contribution in [0.5, 0.6) is 0 Å². The highest BCUT2D eigenvalue weighted by Gasteiger charge is 2.17. The van der Waals surface area contributed by atoms with Crippen LogP contribution in [0, 0.1) is 5.92 Å². The summed E-state index contributed by atoms with van der Waals surface area (Å²) < 4.78 is 1.70. The standard InChI is InChI=1S/C16H23N5O.ClH/c1-12(2)8-14(17-3)16(22)19-9-13-6-4-5-7-15(13)21-11-18-10-20-21;/h4-7,10-12,14,17H,8-9H2,1-3H3,(H,19,22);1H/t14-;/m0./s1. The summed E-state index contributed by atoms with van der Waals surface area (Å²) >= 11 is 0. The molecule has 0 unspecified atom stereocenters. The molecule has 0 aliphatic carbocycles. The largest absolute Gasteiger partial charge is 0.351 e. The van der Waals surface area contributed by atoms with Crippen molar-refractivity contribution in [2.24, 2.45) is 5.92 Å². The molecule has 0 spiro atoms. The van der Waals surface area contributed by atoms with Gasteiger partial charge in [-0.1, -0.05) is 32.0 Å². The Balaban J connectivity index is 0.00000264. The Morgan fingerprint density at radius 1 is 1.30 bits per heavy atom. The molecule has 1 aromatic heterocycles. The minimum atomic E-state index is -0.168. The zero-order chi connectivity index (χ0) is 15.9. The Labute approximate surface area is 143 Å². The summed E-state index contributed by atoms with van der Waals surface area (Å²) in [7, 11) is 1.82. The minimum Gasteiger partial charge on any atom is -0.351 e. The number of amides is 1. The second kappa shape index (κ2) is 9.27. The predicted molar refractivity (Wildman–Crippen MR) is 92.8 cm³/mol. The number of hydrogen-bond acceptors (Lipinski definition) is 4. The Morgan fingerprint density at radius 2 is 2.04 bits per heavy atom. The maximum Gasteiger partial charge on any atom is 0.237 e. The number of carbonyl (C=O) groups is 1. The molecule has 0 radical (unpaired) electrons. The van der Waals surface area contributed by atoms with Gasteiger partial charge < -0.3 is 10.6 Å². The molecule has 1 atom stereocenters. The first-order valence-electron chi connectivity index (χ1n) is 7.49. The van der Waals surface area contributed by atoms with E-state index in [4.69, 9.17) is 0 Å². The number of benzene rings is 1. The monoisotopic (exact) mass is 337 g/mol. The molecule has 1 heterocycles. The van der Waals surface area contributed by atoms with Gasteiger partial charge in [0.05, 0.1) is 11.7 Å². The first-order valence-corrected chi connectivity index (χ1v) is 7.49. The van der Waals surface area contributed by atoms with Crippen molar-refractivity contribution in [3.8, 4) is 5.69 Å². The third-order valence-corrected chi connectivity index (χ3v) is 3.48. The van der Waals surface area contributed by atoms with E-state index in [9.17, 15) is 4.79 Å². The highest BCUT2D eigenvalue weighted by atomic mass is 35.5. The number of aromatic nitrogens is 3. The number of hydrogen-bond donors (Lipinski definition) is 2. The van der Waals surface area contributed by atoms with Gasteiger partial charge in [0, 0.05) is 6.54 Å². The highest BCUT2D eigenvalue weighted by molar-refractivity contribution is 5.85. The Hall–Kier alpha value is -1.92. The van der Waals surface area contributed by atoms with Gasteiger partial charge in [0.2, 0.25) is 5.91 Å². The first kappa shape index (κ1) is 19.1. The van der Waals surface area contributed by atoms with Crippen molar-refractivity contribution in [3.63, 3.8) is 0 Å². The quantitative estimate of drug-likeness (QED) is 0.810. The van der Waals surface area contributed by atoms with Gasteiger partial charge in [-0.15, -0.1) is 12.4 Å². The summed E-state index contributed by atoms with van der Waals surface area (Å²) in [5.74, 6) is 0.482. The lowest BCUT2D eigenvalue weighted by Gasteiger charge is -2.18. The van der Waals surface area contributed by atoms with Crippen molar-refractivity contribution < 1.29 is 4.79 Å². The zero-order valence-electron chi connectivity index (χ0n) is 13.7. The summed E-state index contributed by atoms with van der Waals surface area (Å²) in [6.45, 7) is 4.68. The summed E-state index contributed by atoms with van der Waals surface area (Å²) in [6.07, 6.45) is 3.96. The molecule has 0 bridgehead atoms. The van der Waals surface area contributed by atoms with E-state index in [1.54, 1.807) is 11.0 Å². The van der Waals surface area contributed by atoms with Crippen molar-refractivity contribution in [1.29, 1.82) is 0 Å². The second-order valence-corrected chi connectivity index (χ2v) is 5.66. The van der Waals surface area contributed by atoms with Gasteiger partial charge in [-0.25, -0.2) is 9.67 Å². The van der Waals surface area contributed by atoms with E-state index < -0.39 is 0 Å². The zero-order valence-corrected chi connectivity index (χ0v) is 14.5. The minimum absolute atomic E-state index is 0. The molecule has 2 aromatic rings. The van der Waals surface area contributed by atoms with E-state index in [1.165, 1.54) is 6.33 Å². The molecule has 7 heteroatoms. The van der Waals surface area contributed by atoms with E-state index in [1.807, 2.05) is 31.3 Å². The Kier molecular flexibility index (Phi) is 7.71. The van der Waals surface area contributed by atoms with Crippen LogP contribution in [-0.4, -0.2) is 33.8 Å². The van der Waals surface area contributed by atoms with Crippen LogP contribution in [0.4, 0.5) is 0 Å². The van der Waals surface area contributed by atoms with Crippen LogP contribution in [0.2, 0.25) is 0 Å². The molecule has 2 rings (SSSR count). The van der Waals surface area contributed by atoms with E-state index in [2.05, 4.69) is 34.6 Å². The SMILES string of the molecule is CN[C@@H](CC(C)C)C(=O)NCc1ccccc1-n1cncn1.Cl. The molecule has 1 aromatic carbocycles. The van der Waals surface area contributed by atoms with Crippen molar-refractivity contribution in [2.75, 3.05) is 7.05 Å². The van der Waals surface area contributed by atoms with Crippen molar-refractivity contribution in [3.05, 3.63) is 42.5 Å². The van der Waals surface area contributed by atoms with Crippen LogP contribution in [-0.2, 0) is 11.3 Å². The van der Waals surface area contributed by atoms with Crippen molar-refractivity contribution in [2.45, 2.75) is 32.9 Å². The average molecular weight is 338 g/mol. The molecule has 2 N–H and O–H groups in total. The number of nitrogens with zero attached hydrogens (tertiary/aromatic N) is 3. The second-order valence-electron chi connectivity index (χ2n) is 5.66. The molecule has 6 nitrogen and oxygen atoms in total. The Morgan fingerprint density at radius 3 is 2.65 bits per heavy atom. The molecule has 0 fully saturated rings. The predicted octanol–water partition coefficient (Wildman–Crippen LogP) is 1.94. The van der Waals surface area contributed by atoms with Gasteiger partial charge in [0.15, 0.2) is 0 Å². The van der Waals surface area contributed by atoms with Crippen LogP contribution >= 0.6 is 12.4 Å². The van der Waals surface area contributed by atoms with E-state index in [0.29, 0.717) is 12.5 Å². The molecule has 0 saturated heterocycles. The average Bonchev–Trinajstić information content (AvgIpc) is 3.04. The Bertz CT molecular complexity index is 600. The van der Waals surface area contributed by atoms with Gasteiger partial charge in [-0.3, -0.25) is 4.79 Å². The van der Waals surface area contributed by atoms with E-state index >= 15 is 0 Å². The third-order valence-electron chi connectivity index (χ3n) is 3.48. The van der Waals surface area contributed by atoms with Gasteiger partial charge in [0.1, 0.15) is 12.7 Å². The van der Waals surface area contributed by atoms with Gasteiger partial charge in [0.25, 0.3) is 0 Å². The number of halogens is 1. The van der Waals surface area contributed by atoms with Crippen LogP contribution in [0.1, 0.15) is 25.8 Å². The number of likely N-dealkylation sites (N-methyl/N-ethyl adjacent to an activating group) is 1. The van der Waals surface area contributed by atoms with E-state index in [-0.39, 0.29) is 24.4 Å². The number of nitrogens with one attached hydrogen (secondary N) is 2. The maximum atomic E-state index is 12.3. The normalized spacial score (nSPS) is 11.8. The lowest BCUT2D eigenvalue weighted by molar-refractivity contribution is -0.123. The summed E-state index contributed by atoms with van der Waals surface area (Å²) in [5.41, 5.74) is 1.92. The van der Waals surface area contributed by atoms with Gasteiger partial charge in [-0.05, 0) is 31.0 Å². The fraction of sp³-hybridized carbons (Fsp3) is 0.438. The lowest BCUT2D eigenvalue weighted by atomic mass is 10.0.